The van der Waals surface area contributed by atoms with Crippen LogP contribution in [0.15, 0.2) is 36.9 Å². The number of aromatic nitrogens is 4. The standard InChI is InChI=1S/C21H25N5O4/c1-12-4-2-3-5-13(12)21(6-7-21)9-22-18-15-19(24-10-23-18)26(11-25-15)20-17(29)16(28)14(8-27)30-20/h2-5,10-11,14,16-17,20,27-29H,6-9H2,1H3,(H,22,23,24)/t14-,16-,17-,20-/m1/s1. The highest BCUT2D eigenvalue weighted by atomic mass is 16.6. The van der Waals surface area contributed by atoms with E-state index in [1.807, 2.05) is 0 Å². The van der Waals surface area contributed by atoms with Gasteiger partial charge >= 0.3 is 0 Å². The first-order valence-corrected chi connectivity index (χ1v) is 10.1. The van der Waals surface area contributed by atoms with E-state index in [9.17, 15) is 15.3 Å². The van der Waals surface area contributed by atoms with Gasteiger partial charge in [0.1, 0.15) is 24.6 Å². The Morgan fingerprint density at radius 2 is 1.97 bits per heavy atom. The Morgan fingerprint density at radius 1 is 1.17 bits per heavy atom. The molecule has 9 heteroatoms. The van der Waals surface area contributed by atoms with Crippen molar-refractivity contribution in [3.63, 3.8) is 0 Å². The maximum atomic E-state index is 10.3. The van der Waals surface area contributed by atoms with E-state index in [0.717, 1.165) is 19.4 Å². The Balaban J connectivity index is 1.40. The molecule has 9 nitrogen and oxygen atoms in total. The van der Waals surface area contributed by atoms with Gasteiger partial charge in [0.15, 0.2) is 23.2 Å². The van der Waals surface area contributed by atoms with E-state index < -0.39 is 24.5 Å². The summed E-state index contributed by atoms with van der Waals surface area (Å²) in [5.74, 6) is 0.616. The molecule has 0 amide bonds. The van der Waals surface area contributed by atoms with E-state index in [1.165, 1.54) is 23.8 Å². The van der Waals surface area contributed by atoms with Crippen LogP contribution in [0.3, 0.4) is 0 Å². The van der Waals surface area contributed by atoms with Crippen LogP contribution in [0, 0.1) is 6.92 Å². The molecule has 0 spiro atoms. The normalized spacial score (nSPS) is 27.5. The molecule has 1 saturated heterocycles. The molecule has 0 unspecified atom stereocenters. The number of hydrogen-bond acceptors (Lipinski definition) is 8. The van der Waals surface area contributed by atoms with Crippen LogP contribution in [0.25, 0.3) is 11.2 Å². The van der Waals surface area contributed by atoms with Gasteiger partial charge in [0.25, 0.3) is 0 Å². The molecular formula is C21H25N5O4. The number of imidazole rings is 1. The third kappa shape index (κ3) is 3.05. The van der Waals surface area contributed by atoms with E-state index >= 15 is 0 Å². The minimum Gasteiger partial charge on any atom is -0.394 e. The molecule has 1 saturated carbocycles. The first kappa shape index (κ1) is 19.4. The minimum absolute atomic E-state index is 0.106. The summed E-state index contributed by atoms with van der Waals surface area (Å²) in [6.07, 6.45) is 1.09. The number of anilines is 1. The fraction of sp³-hybridized carbons (Fsp3) is 0.476. The van der Waals surface area contributed by atoms with Crippen molar-refractivity contribution in [3.05, 3.63) is 48.0 Å². The van der Waals surface area contributed by atoms with Crippen LogP contribution in [0.1, 0.15) is 30.2 Å². The molecule has 4 atom stereocenters. The lowest BCUT2D eigenvalue weighted by Crippen LogP contribution is -2.33. The summed E-state index contributed by atoms with van der Waals surface area (Å²) in [4.78, 5) is 13.1. The van der Waals surface area contributed by atoms with Gasteiger partial charge < -0.3 is 25.4 Å². The molecular weight excluding hydrogens is 386 g/mol. The zero-order valence-corrected chi connectivity index (χ0v) is 16.6. The minimum atomic E-state index is -1.19. The average molecular weight is 411 g/mol. The number of aliphatic hydroxyl groups excluding tert-OH is 3. The molecule has 0 bridgehead atoms. The zero-order valence-electron chi connectivity index (χ0n) is 16.6. The quantitative estimate of drug-likeness (QED) is 0.471. The smallest absolute Gasteiger partial charge is 0.167 e. The maximum Gasteiger partial charge on any atom is 0.167 e. The van der Waals surface area contributed by atoms with Crippen molar-refractivity contribution in [2.75, 3.05) is 18.5 Å². The van der Waals surface area contributed by atoms with Gasteiger partial charge in [0.2, 0.25) is 0 Å². The van der Waals surface area contributed by atoms with Gasteiger partial charge in [-0.25, -0.2) is 15.0 Å². The topological polar surface area (TPSA) is 126 Å². The molecule has 158 valence electrons. The molecule has 2 fully saturated rings. The van der Waals surface area contributed by atoms with Crippen LogP contribution in [-0.2, 0) is 10.2 Å². The van der Waals surface area contributed by atoms with Crippen molar-refractivity contribution < 1.29 is 20.1 Å². The molecule has 1 aromatic carbocycles. The first-order valence-electron chi connectivity index (χ1n) is 10.1. The lowest BCUT2D eigenvalue weighted by molar-refractivity contribution is -0.0511. The summed E-state index contributed by atoms with van der Waals surface area (Å²) < 4.78 is 7.18. The summed E-state index contributed by atoms with van der Waals surface area (Å²) in [7, 11) is 0. The van der Waals surface area contributed by atoms with Crippen LogP contribution < -0.4 is 5.32 Å². The molecule has 3 heterocycles. The zero-order chi connectivity index (χ0) is 20.9. The van der Waals surface area contributed by atoms with Crippen molar-refractivity contribution in [1.82, 2.24) is 19.5 Å². The number of benzene rings is 1. The lowest BCUT2D eigenvalue weighted by atomic mass is 9.92. The number of nitrogens with zero attached hydrogens (tertiary/aromatic N) is 4. The van der Waals surface area contributed by atoms with Gasteiger partial charge in [-0.2, -0.15) is 0 Å². The molecule has 1 aliphatic heterocycles. The Labute approximate surface area is 173 Å². The van der Waals surface area contributed by atoms with Crippen LogP contribution in [-0.4, -0.2) is 66.3 Å². The van der Waals surface area contributed by atoms with Crippen molar-refractivity contribution in [1.29, 1.82) is 0 Å². The van der Waals surface area contributed by atoms with Crippen molar-refractivity contribution in [2.45, 2.75) is 49.7 Å². The second-order valence-electron chi connectivity index (χ2n) is 8.22. The molecule has 1 aliphatic carbocycles. The van der Waals surface area contributed by atoms with Gasteiger partial charge in [0.05, 0.1) is 12.9 Å². The fourth-order valence-electron chi connectivity index (χ4n) is 4.39. The number of rotatable bonds is 6. The van der Waals surface area contributed by atoms with Gasteiger partial charge in [-0.1, -0.05) is 24.3 Å². The van der Waals surface area contributed by atoms with E-state index in [0.29, 0.717) is 17.0 Å². The number of hydrogen-bond donors (Lipinski definition) is 4. The summed E-state index contributed by atoms with van der Waals surface area (Å²) in [6, 6.07) is 8.46. The number of aliphatic hydroxyl groups is 3. The van der Waals surface area contributed by atoms with Crippen LogP contribution in [0.4, 0.5) is 5.82 Å². The van der Waals surface area contributed by atoms with Gasteiger partial charge in [-0.15, -0.1) is 0 Å². The predicted octanol–water partition coefficient (Wildman–Crippen LogP) is 0.890. The average Bonchev–Trinajstić information content (AvgIpc) is 3.34. The SMILES string of the molecule is Cc1ccccc1C1(CNc2ncnc3c2ncn3[C@@H]2O[C@H](CO)[C@@H](O)[C@H]2O)CC1. The molecule has 5 rings (SSSR count). The van der Waals surface area contributed by atoms with E-state index in [2.05, 4.69) is 51.5 Å². The number of ether oxygens (including phenoxy) is 1. The van der Waals surface area contributed by atoms with Crippen LogP contribution >= 0.6 is 0 Å². The van der Waals surface area contributed by atoms with E-state index in [4.69, 9.17) is 4.74 Å². The second-order valence-corrected chi connectivity index (χ2v) is 8.22. The molecule has 2 aliphatic rings. The third-order valence-electron chi connectivity index (χ3n) is 6.31. The van der Waals surface area contributed by atoms with Crippen LogP contribution in [0.5, 0.6) is 0 Å². The first-order chi connectivity index (χ1) is 14.5. The van der Waals surface area contributed by atoms with Gasteiger partial charge in [0, 0.05) is 12.0 Å². The van der Waals surface area contributed by atoms with Gasteiger partial charge in [-0.3, -0.25) is 4.57 Å². The van der Waals surface area contributed by atoms with Crippen molar-refractivity contribution >= 4 is 17.0 Å². The third-order valence-corrected chi connectivity index (χ3v) is 6.31. The fourth-order valence-corrected chi connectivity index (χ4v) is 4.39. The highest BCUT2D eigenvalue weighted by Crippen LogP contribution is 2.49. The summed E-state index contributed by atoms with van der Waals surface area (Å²) in [5, 5.41) is 33.2. The number of nitrogens with one attached hydrogen (secondary N) is 1. The van der Waals surface area contributed by atoms with Gasteiger partial charge in [-0.05, 0) is 30.9 Å². The Morgan fingerprint density at radius 3 is 2.67 bits per heavy atom. The largest absolute Gasteiger partial charge is 0.394 e. The van der Waals surface area contributed by atoms with Crippen LogP contribution in [0.2, 0.25) is 0 Å². The summed E-state index contributed by atoms with van der Waals surface area (Å²) in [5.41, 5.74) is 3.81. The predicted molar refractivity (Wildman–Crippen MR) is 109 cm³/mol. The molecule has 4 N–H and O–H groups in total. The molecule has 0 radical (unpaired) electrons. The van der Waals surface area contributed by atoms with Crippen molar-refractivity contribution in [3.8, 4) is 0 Å². The maximum absolute atomic E-state index is 10.3. The Bertz CT molecular complexity index is 1070. The van der Waals surface area contributed by atoms with E-state index in [-0.39, 0.29) is 12.0 Å². The van der Waals surface area contributed by atoms with E-state index in [1.54, 1.807) is 4.57 Å². The summed E-state index contributed by atoms with van der Waals surface area (Å²) in [6.45, 7) is 2.50. The van der Waals surface area contributed by atoms with Crippen molar-refractivity contribution in [2.24, 2.45) is 0 Å². The highest BCUT2D eigenvalue weighted by molar-refractivity contribution is 5.82. The number of fused-ring (bicyclic) bond motifs is 1. The lowest BCUT2D eigenvalue weighted by Gasteiger charge is -2.19. The molecule has 3 aromatic rings. The summed E-state index contributed by atoms with van der Waals surface area (Å²) >= 11 is 0. The molecule has 30 heavy (non-hydrogen) atoms. The molecule has 2 aromatic heterocycles. The monoisotopic (exact) mass is 411 g/mol. The number of aryl methyl sites for hydroxylation is 1. The highest BCUT2D eigenvalue weighted by Gasteiger charge is 2.45. The Hall–Kier alpha value is -2.59. The Kier molecular flexibility index (Phi) is 4.70. The second kappa shape index (κ2) is 7.28.